The van der Waals surface area contributed by atoms with Gasteiger partial charge in [0.2, 0.25) is 0 Å². The molecule has 0 atom stereocenters. The molecule has 2 aromatic heterocycles. The van der Waals surface area contributed by atoms with E-state index in [0.717, 1.165) is 31.4 Å². The van der Waals surface area contributed by atoms with Crippen molar-refractivity contribution in [1.82, 2.24) is 14.7 Å². The van der Waals surface area contributed by atoms with Crippen LogP contribution in [0.5, 0.6) is 0 Å². The van der Waals surface area contributed by atoms with E-state index in [9.17, 15) is 9.59 Å². The highest BCUT2D eigenvalue weighted by Crippen LogP contribution is 2.27. The van der Waals surface area contributed by atoms with Crippen LogP contribution in [0.1, 0.15) is 68.4 Å². The molecule has 0 saturated heterocycles. The van der Waals surface area contributed by atoms with E-state index in [2.05, 4.69) is 10.6 Å². The minimum Gasteiger partial charge on any atom is -0.465 e. The van der Waals surface area contributed by atoms with Gasteiger partial charge in [-0.2, -0.15) is 0 Å². The van der Waals surface area contributed by atoms with Gasteiger partial charge in [-0.05, 0) is 50.7 Å². The number of fused-ring (bicyclic) bond motifs is 1. The number of carbonyl (C=O) groups excluding carboxylic acids is 2. The van der Waals surface area contributed by atoms with Gasteiger partial charge in [-0.25, -0.2) is 4.98 Å². The van der Waals surface area contributed by atoms with E-state index in [1.165, 1.54) is 0 Å². The monoisotopic (exact) mass is 401 g/mol. The van der Waals surface area contributed by atoms with Crippen LogP contribution in [0, 0.1) is 0 Å². The Labute approximate surface area is 171 Å². The second kappa shape index (κ2) is 9.26. The number of ether oxygens (including phenoxy) is 1. The summed E-state index contributed by atoms with van der Waals surface area (Å²) in [6.07, 6.45) is 5.50. The van der Waals surface area contributed by atoms with Crippen LogP contribution in [0.4, 0.5) is 5.82 Å². The number of nitrogens with one attached hydrogen (secondary N) is 2. The topological polar surface area (TPSA) is 111 Å². The molecule has 0 aliphatic heterocycles. The average Bonchev–Trinajstić information content (AvgIpc) is 3.07. The Kier molecular flexibility index (Phi) is 6.74. The Hall–Kier alpha value is -2.61. The largest absolute Gasteiger partial charge is 0.465 e. The maximum atomic E-state index is 13.0. The fourth-order valence-electron chi connectivity index (χ4n) is 3.74. The summed E-state index contributed by atoms with van der Waals surface area (Å²) >= 11 is 0. The molecule has 4 N–H and O–H groups in total. The summed E-state index contributed by atoms with van der Waals surface area (Å²) in [5, 5.41) is 6.27. The fraction of sp³-hybridized carbons (Fsp3) is 0.571. The van der Waals surface area contributed by atoms with Gasteiger partial charge in [-0.1, -0.05) is 13.8 Å². The van der Waals surface area contributed by atoms with Gasteiger partial charge in [0.15, 0.2) is 5.65 Å². The van der Waals surface area contributed by atoms with Gasteiger partial charge >= 0.3 is 5.97 Å². The van der Waals surface area contributed by atoms with Crippen LogP contribution in [0.15, 0.2) is 18.3 Å². The molecule has 29 heavy (non-hydrogen) atoms. The number of esters is 1. The van der Waals surface area contributed by atoms with Crippen molar-refractivity contribution >= 4 is 23.3 Å². The molecule has 0 unspecified atom stereocenters. The normalized spacial score (nSPS) is 19.3. The molecule has 3 rings (SSSR count). The molecular weight excluding hydrogens is 370 g/mol. The van der Waals surface area contributed by atoms with Crippen LogP contribution in [0.2, 0.25) is 0 Å². The van der Waals surface area contributed by atoms with Crippen LogP contribution in [-0.2, 0) is 9.53 Å². The van der Waals surface area contributed by atoms with E-state index < -0.39 is 0 Å². The number of nitrogens with zero attached hydrogens (tertiary/aromatic N) is 2. The highest BCUT2D eigenvalue weighted by Gasteiger charge is 2.24. The van der Waals surface area contributed by atoms with Crippen molar-refractivity contribution in [3.05, 3.63) is 29.6 Å². The van der Waals surface area contributed by atoms with Gasteiger partial charge in [0.05, 0.1) is 17.9 Å². The van der Waals surface area contributed by atoms with Crippen LogP contribution in [0.25, 0.3) is 5.65 Å². The number of amides is 1. The lowest BCUT2D eigenvalue weighted by Gasteiger charge is -2.26. The molecule has 8 heteroatoms. The number of hydrogen-bond acceptors (Lipinski definition) is 6. The number of imidazole rings is 1. The van der Waals surface area contributed by atoms with E-state index in [-0.39, 0.29) is 36.4 Å². The Morgan fingerprint density at radius 2 is 2.03 bits per heavy atom. The third kappa shape index (κ3) is 4.87. The molecule has 1 aliphatic carbocycles. The van der Waals surface area contributed by atoms with Crippen molar-refractivity contribution in [2.45, 2.75) is 64.5 Å². The first-order valence-electron chi connectivity index (χ1n) is 10.4. The van der Waals surface area contributed by atoms with Crippen molar-refractivity contribution in [2.75, 3.05) is 18.5 Å². The number of rotatable bonds is 7. The van der Waals surface area contributed by atoms with Gasteiger partial charge < -0.3 is 21.1 Å². The zero-order valence-electron chi connectivity index (χ0n) is 17.4. The zero-order chi connectivity index (χ0) is 21.0. The van der Waals surface area contributed by atoms with E-state index in [1.54, 1.807) is 13.0 Å². The molecule has 0 radical (unpaired) electrons. The maximum absolute atomic E-state index is 13.0. The van der Waals surface area contributed by atoms with Crippen LogP contribution >= 0.6 is 0 Å². The summed E-state index contributed by atoms with van der Waals surface area (Å²) in [6, 6.07) is 3.98. The number of aromatic nitrogens is 2. The Balaban J connectivity index is 1.86. The molecule has 158 valence electrons. The molecule has 1 saturated carbocycles. The summed E-state index contributed by atoms with van der Waals surface area (Å²) < 4.78 is 6.84. The maximum Gasteiger partial charge on any atom is 0.325 e. The highest BCUT2D eigenvalue weighted by molar-refractivity contribution is 6.00. The third-order valence-electron chi connectivity index (χ3n) is 5.28. The molecule has 8 nitrogen and oxygen atoms in total. The number of pyridine rings is 1. The molecule has 2 heterocycles. The molecule has 0 bridgehead atoms. The van der Waals surface area contributed by atoms with Gasteiger partial charge in [-0.3, -0.25) is 14.0 Å². The van der Waals surface area contributed by atoms with E-state index in [1.807, 2.05) is 30.5 Å². The average molecular weight is 402 g/mol. The predicted octanol–water partition coefficient (Wildman–Crippen LogP) is 2.43. The quantitative estimate of drug-likeness (QED) is 0.615. The summed E-state index contributed by atoms with van der Waals surface area (Å²) in [7, 11) is 0. The lowest BCUT2D eigenvalue weighted by atomic mass is 9.91. The second-order valence-electron chi connectivity index (χ2n) is 7.86. The summed E-state index contributed by atoms with van der Waals surface area (Å²) in [5.74, 6) is 0.367. The van der Waals surface area contributed by atoms with Gasteiger partial charge in [0.1, 0.15) is 12.4 Å². The molecule has 1 aliphatic rings. The SMILES string of the molecule is CCOC(=O)CNc1c(C(C)C)nc2c(C(=O)NC3CCC(N)CC3)cccn12. The molecule has 0 spiro atoms. The lowest BCUT2D eigenvalue weighted by Crippen LogP contribution is -2.40. The summed E-state index contributed by atoms with van der Waals surface area (Å²) in [5.41, 5.74) is 7.87. The van der Waals surface area contributed by atoms with E-state index in [0.29, 0.717) is 23.6 Å². The van der Waals surface area contributed by atoms with Crippen LogP contribution < -0.4 is 16.4 Å². The molecule has 1 fully saturated rings. The number of nitrogens with two attached hydrogens (primary N) is 1. The second-order valence-corrected chi connectivity index (χ2v) is 7.86. The standard InChI is InChI=1S/C21H31N5O3/c1-4-29-17(27)12-23-20-18(13(2)3)25-19-16(6-5-11-26(19)20)21(28)24-15-9-7-14(22)8-10-15/h5-6,11,13-15,23H,4,7-10,12,22H2,1-3H3,(H,24,28). The minimum atomic E-state index is -0.332. The minimum absolute atomic E-state index is 0.0418. The zero-order valence-corrected chi connectivity index (χ0v) is 17.4. The van der Waals surface area contributed by atoms with Gasteiger partial charge in [0.25, 0.3) is 5.91 Å². The first kappa shape index (κ1) is 21.1. The van der Waals surface area contributed by atoms with Crippen molar-refractivity contribution in [1.29, 1.82) is 0 Å². The summed E-state index contributed by atoms with van der Waals surface area (Å²) in [4.78, 5) is 29.5. The Bertz CT molecular complexity index is 869. The highest BCUT2D eigenvalue weighted by atomic mass is 16.5. The molecule has 0 aromatic carbocycles. The molecular formula is C21H31N5O3. The van der Waals surface area contributed by atoms with Crippen molar-refractivity contribution in [3.63, 3.8) is 0 Å². The van der Waals surface area contributed by atoms with Crippen LogP contribution in [0.3, 0.4) is 0 Å². The van der Waals surface area contributed by atoms with E-state index >= 15 is 0 Å². The van der Waals surface area contributed by atoms with Crippen molar-refractivity contribution in [3.8, 4) is 0 Å². The summed E-state index contributed by atoms with van der Waals surface area (Å²) in [6.45, 7) is 6.21. The fourth-order valence-corrected chi connectivity index (χ4v) is 3.74. The van der Waals surface area contributed by atoms with Gasteiger partial charge in [-0.15, -0.1) is 0 Å². The van der Waals surface area contributed by atoms with E-state index in [4.69, 9.17) is 15.5 Å². The third-order valence-corrected chi connectivity index (χ3v) is 5.28. The van der Waals surface area contributed by atoms with Gasteiger partial charge in [0, 0.05) is 18.3 Å². The Morgan fingerprint density at radius 1 is 1.31 bits per heavy atom. The number of carbonyl (C=O) groups is 2. The van der Waals surface area contributed by atoms with Crippen LogP contribution in [-0.4, -0.2) is 46.5 Å². The smallest absolute Gasteiger partial charge is 0.325 e. The number of hydrogen-bond donors (Lipinski definition) is 3. The molecule has 1 amide bonds. The molecule has 2 aromatic rings. The van der Waals surface area contributed by atoms with Crippen molar-refractivity contribution in [2.24, 2.45) is 5.73 Å². The van der Waals surface area contributed by atoms with Crippen molar-refractivity contribution < 1.29 is 14.3 Å². The Morgan fingerprint density at radius 3 is 2.69 bits per heavy atom. The first-order chi connectivity index (χ1) is 13.9. The first-order valence-corrected chi connectivity index (χ1v) is 10.4. The lowest BCUT2D eigenvalue weighted by molar-refractivity contribution is -0.140. The number of anilines is 1. The predicted molar refractivity (Wildman–Crippen MR) is 112 cm³/mol.